The van der Waals surface area contributed by atoms with E-state index in [0.29, 0.717) is 11.8 Å². The summed E-state index contributed by atoms with van der Waals surface area (Å²) in [5.41, 5.74) is 1.03. The quantitative estimate of drug-likeness (QED) is 0.481. The van der Waals surface area contributed by atoms with E-state index in [-0.39, 0.29) is 5.78 Å². The molecule has 0 amide bonds. The first-order valence-corrected chi connectivity index (χ1v) is 4.96. The van der Waals surface area contributed by atoms with E-state index in [0.717, 1.165) is 5.57 Å². The van der Waals surface area contributed by atoms with E-state index in [1.165, 1.54) is 0 Å². The summed E-state index contributed by atoms with van der Waals surface area (Å²) < 4.78 is 0. The number of allylic oxidation sites excluding steroid dienone is 5. The molecule has 0 aliphatic carbocycles. The van der Waals surface area contributed by atoms with Crippen LogP contribution in [0.5, 0.6) is 0 Å². The molecular weight excluding hydrogens is 172 g/mol. The van der Waals surface area contributed by atoms with Crippen molar-refractivity contribution in [3.05, 3.63) is 36.5 Å². The normalized spacial score (nSPS) is 14.1. The van der Waals surface area contributed by atoms with Gasteiger partial charge in [0.05, 0.1) is 0 Å². The van der Waals surface area contributed by atoms with Crippen LogP contribution in [0.1, 0.15) is 27.7 Å². The summed E-state index contributed by atoms with van der Waals surface area (Å²) in [4.78, 5) is 10.8. The minimum Gasteiger partial charge on any atom is -0.295 e. The highest BCUT2D eigenvalue weighted by Gasteiger charge is 2.05. The van der Waals surface area contributed by atoms with E-state index in [2.05, 4.69) is 26.5 Å². The molecule has 1 nitrogen and oxygen atoms in total. The van der Waals surface area contributed by atoms with Gasteiger partial charge in [-0.25, -0.2) is 0 Å². The molecule has 78 valence electrons. The third-order valence-electron chi connectivity index (χ3n) is 1.93. The van der Waals surface area contributed by atoms with E-state index >= 15 is 0 Å². The van der Waals surface area contributed by atoms with Crippen molar-refractivity contribution in [1.29, 1.82) is 0 Å². The Kier molecular flexibility index (Phi) is 5.86. The molecule has 0 fully saturated rings. The summed E-state index contributed by atoms with van der Waals surface area (Å²) >= 11 is 0. The summed E-state index contributed by atoms with van der Waals surface area (Å²) in [7, 11) is 0. The van der Waals surface area contributed by atoms with Crippen LogP contribution in [0.25, 0.3) is 0 Å². The van der Waals surface area contributed by atoms with Crippen molar-refractivity contribution >= 4 is 5.78 Å². The number of hydrogen-bond acceptors (Lipinski definition) is 1. The van der Waals surface area contributed by atoms with Crippen LogP contribution < -0.4 is 0 Å². The average molecular weight is 192 g/mol. The fourth-order valence-corrected chi connectivity index (χ4v) is 1.03. The highest BCUT2D eigenvalue weighted by Crippen LogP contribution is 2.14. The van der Waals surface area contributed by atoms with Crippen LogP contribution in [0.4, 0.5) is 0 Å². The zero-order chi connectivity index (χ0) is 11.1. The van der Waals surface area contributed by atoms with Gasteiger partial charge >= 0.3 is 0 Å². The molecule has 0 radical (unpaired) electrons. The minimum atomic E-state index is 0.0966. The lowest BCUT2D eigenvalue weighted by Gasteiger charge is -2.11. The number of carbonyl (C=O) groups is 1. The van der Waals surface area contributed by atoms with Gasteiger partial charge in [0, 0.05) is 0 Å². The van der Waals surface area contributed by atoms with Crippen molar-refractivity contribution in [2.24, 2.45) is 11.8 Å². The Balaban J connectivity index is 4.45. The van der Waals surface area contributed by atoms with Gasteiger partial charge in [0.1, 0.15) is 0 Å². The Labute approximate surface area is 87.2 Å². The Hall–Kier alpha value is -1.11. The van der Waals surface area contributed by atoms with Crippen molar-refractivity contribution in [3.63, 3.8) is 0 Å². The van der Waals surface area contributed by atoms with Gasteiger partial charge in [0.25, 0.3) is 0 Å². The molecule has 0 aliphatic heterocycles. The highest BCUT2D eigenvalue weighted by molar-refractivity contribution is 5.87. The molecule has 14 heavy (non-hydrogen) atoms. The van der Waals surface area contributed by atoms with Crippen LogP contribution >= 0.6 is 0 Å². The molecule has 0 rings (SSSR count). The van der Waals surface area contributed by atoms with Gasteiger partial charge in [-0.15, -0.1) is 0 Å². The molecule has 0 heterocycles. The van der Waals surface area contributed by atoms with Gasteiger partial charge in [-0.1, -0.05) is 44.2 Å². The molecule has 1 atom stereocenters. The largest absolute Gasteiger partial charge is 0.295 e. The van der Waals surface area contributed by atoms with E-state index < -0.39 is 0 Å². The van der Waals surface area contributed by atoms with Crippen molar-refractivity contribution in [1.82, 2.24) is 0 Å². The summed E-state index contributed by atoms with van der Waals surface area (Å²) in [5, 5.41) is 0. The SMILES string of the molecule is C=C(C)/C=C/C(/C=C\C(C)=O)C(C)C. The highest BCUT2D eigenvalue weighted by atomic mass is 16.1. The van der Waals surface area contributed by atoms with Gasteiger partial charge in [0.15, 0.2) is 5.78 Å². The van der Waals surface area contributed by atoms with Crippen LogP contribution in [0.15, 0.2) is 36.5 Å². The van der Waals surface area contributed by atoms with E-state index in [9.17, 15) is 4.79 Å². The summed E-state index contributed by atoms with van der Waals surface area (Å²) in [5.74, 6) is 0.913. The van der Waals surface area contributed by atoms with Crippen LogP contribution in [0.3, 0.4) is 0 Å². The third-order valence-corrected chi connectivity index (χ3v) is 1.93. The first-order chi connectivity index (χ1) is 6.43. The number of rotatable bonds is 5. The number of carbonyl (C=O) groups excluding carboxylic acids is 1. The van der Waals surface area contributed by atoms with Crippen LogP contribution in [-0.4, -0.2) is 5.78 Å². The van der Waals surface area contributed by atoms with Gasteiger partial charge in [-0.3, -0.25) is 4.79 Å². The predicted octanol–water partition coefficient (Wildman–Crippen LogP) is 3.54. The van der Waals surface area contributed by atoms with Crippen molar-refractivity contribution in [2.45, 2.75) is 27.7 Å². The van der Waals surface area contributed by atoms with E-state index in [4.69, 9.17) is 0 Å². The second-order valence-corrected chi connectivity index (χ2v) is 4.00. The maximum absolute atomic E-state index is 10.8. The Morgan fingerprint density at radius 2 is 1.64 bits per heavy atom. The molecule has 0 N–H and O–H groups in total. The second-order valence-electron chi connectivity index (χ2n) is 4.00. The summed E-state index contributed by atoms with van der Waals surface area (Å²) in [6.07, 6.45) is 7.67. The lowest BCUT2D eigenvalue weighted by Crippen LogP contribution is -2.02. The third kappa shape index (κ3) is 6.41. The zero-order valence-corrected chi connectivity index (χ0v) is 9.58. The lowest BCUT2D eigenvalue weighted by molar-refractivity contribution is -0.112. The lowest BCUT2D eigenvalue weighted by atomic mass is 9.94. The molecule has 0 aromatic carbocycles. The van der Waals surface area contributed by atoms with Crippen LogP contribution in [-0.2, 0) is 4.79 Å². The average Bonchev–Trinajstić information content (AvgIpc) is 2.02. The molecule has 0 aliphatic rings. The zero-order valence-electron chi connectivity index (χ0n) is 9.58. The standard InChI is InChI=1S/C13H20O/c1-10(2)6-8-13(11(3)4)9-7-12(5)14/h6-9,11,13H,1H2,2-5H3/b8-6+,9-7-. The topological polar surface area (TPSA) is 17.1 Å². The van der Waals surface area contributed by atoms with E-state index in [1.54, 1.807) is 13.0 Å². The van der Waals surface area contributed by atoms with E-state index in [1.807, 2.05) is 19.1 Å². The van der Waals surface area contributed by atoms with Crippen molar-refractivity contribution < 1.29 is 4.79 Å². The molecule has 0 saturated carbocycles. The molecule has 0 bridgehead atoms. The van der Waals surface area contributed by atoms with Gasteiger partial charge in [0.2, 0.25) is 0 Å². The molecule has 0 spiro atoms. The van der Waals surface area contributed by atoms with Gasteiger partial charge in [-0.2, -0.15) is 0 Å². The smallest absolute Gasteiger partial charge is 0.152 e. The van der Waals surface area contributed by atoms with Crippen LogP contribution in [0, 0.1) is 11.8 Å². The second kappa shape index (κ2) is 6.36. The van der Waals surface area contributed by atoms with Crippen molar-refractivity contribution in [2.75, 3.05) is 0 Å². The molecule has 0 aromatic heterocycles. The summed E-state index contributed by atoms with van der Waals surface area (Å²) in [6, 6.07) is 0. The Morgan fingerprint density at radius 3 is 2.00 bits per heavy atom. The molecule has 1 unspecified atom stereocenters. The fraction of sp³-hybridized carbons (Fsp3) is 0.462. The van der Waals surface area contributed by atoms with Gasteiger partial charge < -0.3 is 0 Å². The number of hydrogen-bond donors (Lipinski definition) is 0. The van der Waals surface area contributed by atoms with Crippen molar-refractivity contribution in [3.8, 4) is 0 Å². The van der Waals surface area contributed by atoms with Gasteiger partial charge in [-0.05, 0) is 31.8 Å². The molecule has 1 heteroatoms. The number of ketones is 1. The van der Waals surface area contributed by atoms with Crippen LogP contribution in [0.2, 0.25) is 0 Å². The predicted molar refractivity (Wildman–Crippen MR) is 62.1 cm³/mol. The molecule has 0 aromatic rings. The molecular formula is C13H20O. The Morgan fingerprint density at radius 1 is 1.14 bits per heavy atom. The molecule has 0 saturated heterocycles. The maximum atomic E-state index is 10.8. The maximum Gasteiger partial charge on any atom is 0.152 e. The first kappa shape index (κ1) is 12.9. The fourth-order valence-electron chi connectivity index (χ4n) is 1.03. The Bertz CT molecular complexity index is 232. The first-order valence-electron chi connectivity index (χ1n) is 4.96. The monoisotopic (exact) mass is 192 g/mol. The summed E-state index contributed by atoms with van der Waals surface area (Å²) in [6.45, 7) is 11.6. The minimum absolute atomic E-state index is 0.0966.